The van der Waals surface area contributed by atoms with E-state index >= 15 is 0 Å². The van der Waals surface area contributed by atoms with Crippen LogP contribution in [0.4, 0.5) is 0 Å². The molecule has 6 heteroatoms. The fraction of sp³-hybridized carbons (Fsp3) is 0.238. The lowest BCUT2D eigenvalue weighted by molar-refractivity contribution is 0.468. The van der Waals surface area contributed by atoms with Crippen LogP contribution >= 0.6 is 45.2 Å². The highest BCUT2D eigenvalue weighted by molar-refractivity contribution is 14.1. The molecule has 5 rings (SSSR count). The molecule has 0 atom stereocenters. The number of aromatic amines is 1. The van der Waals surface area contributed by atoms with Crippen LogP contribution in [0, 0.1) is 7.14 Å². The highest BCUT2D eigenvalue weighted by Crippen LogP contribution is 2.39. The van der Waals surface area contributed by atoms with Crippen molar-refractivity contribution in [3.8, 4) is 17.0 Å². The number of aryl methyl sites for hydroxylation is 1. The van der Waals surface area contributed by atoms with Crippen molar-refractivity contribution in [2.24, 2.45) is 0 Å². The lowest BCUT2D eigenvalue weighted by Crippen LogP contribution is -2.01. The summed E-state index contributed by atoms with van der Waals surface area (Å²) in [6.45, 7) is 0. The van der Waals surface area contributed by atoms with Crippen LogP contribution in [0.3, 0.4) is 0 Å². The molecular weight excluding hydrogens is 564 g/mol. The first-order chi connectivity index (χ1) is 13.1. The van der Waals surface area contributed by atoms with E-state index in [0.29, 0.717) is 5.75 Å². The van der Waals surface area contributed by atoms with Gasteiger partial charge < -0.3 is 5.11 Å². The van der Waals surface area contributed by atoms with Crippen molar-refractivity contribution in [3.63, 3.8) is 0 Å². The van der Waals surface area contributed by atoms with E-state index in [2.05, 4.69) is 67.5 Å². The van der Waals surface area contributed by atoms with Crippen molar-refractivity contribution in [3.05, 3.63) is 48.7 Å². The van der Waals surface area contributed by atoms with Crippen LogP contribution < -0.4 is 0 Å². The Hall–Kier alpha value is -1.42. The van der Waals surface area contributed by atoms with Crippen molar-refractivity contribution in [1.82, 2.24) is 15.2 Å². The zero-order chi connectivity index (χ0) is 18.5. The van der Waals surface area contributed by atoms with E-state index in [4.69, 9.17) is 4.98 Å². The Kier molecular flexibility index (Phi) is 4.50. The molecule has 4 aromatic rings. The van der Waals surface area contributed by atoms with Gasteiger partial charge in [0.15, 0.2) is 0 Å². The zero-order valence-electron chi connectivity index (χ0n) is 14.5. The number of rotatable bonds is 1. The maximum absolute atomic E-state index is 10.2. The minimum Gasteiger partial charge on any atom is -0.506 e. The predicted octanol–water partition coefficient (Wildman–Crippen LogP) is 5.96. The summed E-state index contributed by atoms with van der Waals surface area (Å²) in [7, 11) is 0. The Morgan fingerprint density at radius 1 is 0.963 bits per heavy atom. The second kappa shape index (κ2) is 6.88. The third-order valence-electron chi connectivity index (χ3n) is 5.43. The molecule has 0 fully saturated rings. The monoisotopic (exact) mass is 581 g/mol. The number of H-pyrrole nitrogens is 1. The molecule has 0 radical (unpaired) electrons. The number of pyridine rings is 1. The number of aromatic nitrogens is 3. The van der Waals surface area contributed by atoms with Crippen LogP contribution in [0.1, 0.15) is 30.4 Å². The summed E-state index contributed by atoms with van der Waals surface area (Å²) in [5, 5.41) is 20.0. The molecule has 0 saturated carbocycles. The van der Waals surface area contributed by atoms with Crippen molar-refractivity contribution in [1.29, 1.82) is 0 Å². The van der Waals surface area contributed by atoms with Crippen molar-refractivity contribution < 1.29 is 5.11 Å². The molecule has 1 aliphatic rings. The third-order valence-corrected chi connectivity index (χ3v) is 7.07. The molecule has 4 nitrogen and oxygen atoms in total. The summed E-state index contributed by atoms with van der Waals surface area (Å²) in [6.07, 6.45) is 7.72. The molecule has 2 aromatic heterocycles. The number of fused-ring (bicyclic) bond motifs is 5. The van der Waals surface area contributed by atoms with Gasteiger partial charge in [-0.1, -0.05) is 6.42 Å². The van der Waals surface area contributed by atoms with E-state index in [-0.39, 0.29) is 0 Å². The summed E-state index contributed by atoms with van der Waals surface area (Å²) < 4.78 is 1.73. The normalized spacial score (nSPS) is 14.4. The molecular formula is C21H17I2N3O. The second-order valence-corrected chi connectivity index (χ2v) is 9.38. The van der Waals surface area contributed by atoms with E-state index < -0.39 is 0 Å². The maximum atomic E-state index is 10.2. The smallest absolute Gasteiger partial charge is 0.142 e. The summed E-state index contributed by atoms with van der Waals surface area (Å²) >= 11 is 4.40. The Morgan fingerprint density at radius 3 is 2.48 bits per heavy atom. The van der Waals surface area contributed by atoms with Gasteiger partial charge in [-0.15, -0.1) is 0 Å². The molecule has 0 unspecified atom stereocenters. The topological polar surface area (TPSA) is 61.8 Å². The van der Waals surface area contributed by atoms with E-state index in [0.717, 1.165) is 42.3 Å². The molecule has 1 aliphatic carbocycles. The Labute approximate surface area is 184 Å². The molecule has 136 valence electrons. The average molecular weight is 581 g/mol. The molecule has 27 heavy (non-hydrogen) atoms. The number of hydrogen-bond acceptors (Lipinski definition) is 3. The lowest BCUT2D eigenvalue weighted by Gasteiger charge is -2.17. The van der Waals surface area contributed by atoms with Crippen LogP contribution in [0.15, 0.2) is 30.5 Å². The number of benzene rings is 2. The van der Waals surface area contributed by atoms with Crippen LogP contribution in [0.2, 0.25) is 0 Å². The number of hydrogen-bond donors (Lipinski definition) is 2. The number of nitrogens with one attached hydrogen (secondary N) is 1. The number of nitrogens with zero attached hydrogens (tertiary/aromatic N) is 2. The quantitative estimate of drug-likeness (QED) is 0.216. The lowest BCUT2D eigenvalue weighted by atomic mass is 9.92. The van der Waals surface area contributed by atoms with Crippen LogP contribution in [0.25, 0.3) is 33.1 Å². The minimum absolute atomic E-state index is 0.354. The standard InChI is InChI=1S/C21H17I2N3O/c22-15-8-11(9-16(23)21(15)27)20-13-5-3-1-2-4-12(13)19-14-10-24-26-17(14)6-7-18(19)25-20/h6-10,27H,1-5H2,(H,24,26). The molecule has 2 heterocycles. The van der Waals surface area contributed by atoms with Gasteiger partial charge in [0.05, 0.1) is 30.1 Å². The summed E-state index contributed by atoms with van der Waals surface area (Å²) in [5.74, 6) is 0.354. The van der Waals surface area contributed by atoms with Crippen molar-refractivity contribution >= 4 is 67.0 Å². The van der Waals surface area contributed by atoms with Gasteiger partial charge in [-0.05, 0) is 106 Å². The molecule has 0 amide bonds. The van der Waals surface area contributed by atoms with Gasteiger partial charge in [0.1, 0.15) is 5.75 Å². The van der Waals surface area contributed by atoms with Gasteiger partial charge in [0, 0.05) is 16.3 Å². The zero-order valence-corrected chi connectivity index (χ0v) is 18.8. The van der Waals surface area contributed by atoms with Gasteiger partial charge in [-0.2, -0.15) is 5.10 Å². The van der Waals surface area contributed by atoms with Crippen molar-refractivity contribution in [2.45, 2.75) is 32.1 Å². The summed E-state index contributed by atoms with van der Waals surface area (Å²) in [4.78, 5) is 5.11. The molecule has 0 saturated heterocycles. The van der Waals surface area contributed by atoms with E-state index in [1.807, 2.05) is 18.3 Å². The molecule has 0 spiro atoms. The summed E-state index contributed by atoms with van der Waals surface area (Å²) in [6, 6.07) is 8.26. The van der Waals surface area contributed by atoms with Crippen LogP contribution in [0.5, 0.6) is 5.75 Å². The van der Waals surface area contributed by atoms with Crippen LogP contribution in [-0.4, -0.2) is 20.3 Å². The maximum Gasteiger partial charge on any atom is 0.142 e. The van der Waals surface area contributed by atoms with Gasteiger partial charge in [0.25, 0.3) is 0 Å². The third kappa shape index (κ3) is 2.91. The average Bonchev–Trinajstić information content (AvgIpc) is 3.01. The van der Waals surface area contributed by atoms with E-state index in [1.165, 1.54) is 41.2 Å². The highest BCUT2D eigenvalue weighted by Gasteiger charge is 2.21. The number of phenols is 1. The fourth-order valence-electron chi connectivity index (χ4n) is 4.16. The molecule has 2 N–H and O–H groups in total. The fourth-order valence-corrected chi connectivity index (χ4v) is 5.93. The van der Waals surface area contributed by atoms with Gasteiger partial charge in [0.2, 0.25) is 0 Å². The van der Waals surface area contributed by atoms with Gasteiger partial charge >= 0.3 is 0 Å². The first kappa shape index (κ1) is 17.7. The second-order valence-electron chi connectivity index (χ2n) is 7.06. The molecule has 0 aliphatic heterocycles. The Balaban J connectivity index is 1.88. The summed E-state index contributed by atoms with van der Waals surface area (Å²) in [5.41, 5.74) is 7.05. The molecule has 2 aromatic carbocycles. The van der Waals surface area contributed by atoms with Gasteiger partial charge in [-0.3, -0.25) is 5.10 Å². The molecule has 0 bridgehead atoms. The number of halogens is 2. The SMILES string of the molecule is Oc1c(I)cc(-c2nc3ccc4[nH]ncc4c3c3c2CCCCC3)cc1I. The van der Waals surface area contributed by atoms with Crippen LogP contribution in [-0.2, 0) is 12.8 Å². The Bertz CT molecular complexity index is 1180. The van der Waals surface area contributed by atoms with Crippen molar-refractivity contribution in [2.75, 3.05) is 0 Å². The van der Waals surface area contributed by atoms with Gasteiger partial charge in [-0.25, -0.2) is 4.98 Å². The van der Waals surface area contributed by atoms with E-state index in [9.17, 15) is 5.11 Å². The predicted molar refractivity (Wildman–Crippen MR) is 125 cm³/mol. The number of aromatic hydroxyl groups is 1. The Morgan fingerprint density at radius 2 is 1.70 bits per heavy atom. The minimum atomic E-state index is 0.354. The van der Waals surface area contributed by atoms with E-state index in [1.54, 1.807) is 0 Å². The first-order valence-corrected chi connectivity index (χ1v) is 11.2. The number of phenolic OH excluding ortho intramolecular Hbond substituents is 1. The highest BCUT2D eigenvalue weighted by atomic mass is 127. The first-order valence-electron chi connectivity index (χ1n) is 9.09. The largest absolute Gasteiger partial charge is 0.506 e.